The molecule has 0 spiro atoms. The lowest BCUT2D eigenvalue weighted by Gasteiger charge is -2.35. The first-order valence-corrected chi connectivity index (χ1v) is 12.2. The molecular weight excluding hydrogens is 495 g/mol. The fourth-order valence-corrected chi connectivity index (χ4v) is 5.31. The fraction of sp³-hybridized carbons (Fsp3) is 0.346. The van der Waals surface area contributed by atoms with Crippen LogP contribution in [0.3, 0.4) is 0 Å². The molecule has 0 radical (unpaired) electrons. The average molecular weight is 520 g/mol. The van der Waals surface area contributed by atoms with E-state index < -0.39 is 18.5 Å². The van der Waals surface area contributed by atoms with Crippen molar-refractivity contribution in [2.24, 2.45) is 11.3 Å². The quantitative estimate of drug-likeness (QED) is 0.372. The van der Waals surface area contributed by atoms with Crippen LogP contribution in [0.25, 0.3) is 10.9 Å². The molecule has 0 bridgehead atoms. The van der Waals surface area contributed by atoms with Gasteiger partial charge in [0.1, 0.15) is 0 Å². The van der Waals surface area contributed by atoms with Gasteiger partial charge in [0.2, 0.25) is 0 Å². The van der Waals surface area contributed by atoms with Crippen LogP contribution >= 0.6 is 34.8 Å². The summed E-state index contributed by atoms with van der Waals surface area (Å²) in [5.74, 6) is -0.695. The minimum Gasteiger partial charge on any atom is -0.452 e. The van der Waals surface area contributed by atoms with Crippen LogP contribution < -0.4 is 5.32 Å². The minimum atomic E-state index is -0.556. The second kappa shape index (κ2) is 9.73. The number of hydrogen-bond acceptors (Lipinski definition) is 4. The Bertz CT molecular complexity index is 1260. The number of aromatic nitrogens is 1. The Labute approximate surface area is 213 Å². The maximum absolute atomic E-state index is 13.3. The van der Waals surface area contributed by atoms with E-state index in [1.165, 1.54) is 12.1 Å². The van der Waals surface area contributed by atoms with E-state index in [9.17, 15) is 9.59 Å². The molecule has 1 atom stereocenters. The van der Waals surface area contributed by atoms with Crippen molar-refractivity contribution in [2.45, 2.75) is 40.0 Å². The second-order valence-corrected chi connectivity index (χ2v) is 10.9. The topological polar surface area (TPSA) is 68.3 Å². The SMILES string of the molecule is CC(C)(C)C1CCc2nc3ccccc3c(C(=O)OCC(=O)Nc3c(Cl)cc(Cl)cc3Cl)c2C1. The van der Waals surface area contributed by atoms with E-state index in [-0.39, 0.29) is 21.1 Å². The van der Waals surface area contributed by atoms with E-state index in [1.54, 1.807) is 0 Å². The summed E-state index contributed by atoms with van der Waals surface area (Å²) in [5.41, 5.74) is 3.39. The van der Waals surface area contributed by atoms with Crippen molar-refractivity contribution >= 4 is 63.3 Å². The fourth-order valence-electron chi connectivity index (χ4n) is 4.40. The van der Waals surface area contributed by atoms with Crippen LogP contribution in [0.2, 0.25) is 15.1 Å². The molecule has 1 amide bonds. The van der Waals surface area contributed by atoms with Crippen LogP contribution in [0.1, 0.15) is 48.8 Å². The largest absolute Gasteiger partial charge is 0.452 e. The molecule has 0 saturated carbocycles. The molecule has 1 aromatic heterocycles. The number of ether oxygens (including phenoxy) is 1. The van der Waals surface area contributed by atoms with E-state index in [1.807, 2.05) is 24.3 Å². The van der Waals surface area contributed by atoms with Gasteiger partial charge in [-0.2, -0.15) is 0 Å². The standard InChI is InChI=1S/C26H25Cl3N2O3/c1-26(2,3)14-8-9-21-17(10-14)23(16-6-4-5-7-20(16)30-21)25(33)34-13-22(32)31-24-18(28)11-15(27)12-19(24)29/h4-7,11-12,14H,8-10,13H2,1-3H3,(H,31,32). The molecule has 2 aromatic carbocycles. The number of rotatable bonds is 4. The highest BCUT2D eigenvalue weighted by Crippen LogP contribution is 2.39. The molecule has 1 N–H and O–H groups in total. The van der Waals surface area contributed by atoms with E-state index in [0.29, 0.717) is 16.5 Å². The zero-order chi connectivity index (χ0) is 24.6. The molecule has 34 heavy (non-hydrogen) atoms. The molecule has 1 aliphatic rings. The third-order valence-corrected chi connectivity index (χ3v) is 7.11. The van der Waals surface area contributed by atoms with Crippen LogP contribution in [0, 0.1) is 11.3 Å². The maximum Gasteiger partial charge on any atom is 0.339 e. The van der Waals surface area contributed by atoms with Gasteiger partial charge in [-0.3, -0.25) is 9.78 Å². The number of nitrogens with one attached hydrogen (secondary N) is 1. The third kappa shape index (κ3) is 5.17. The molecule has 0 aliphatic heterocycles. The maximum atomic E-state index is 13.3. The number of amides is 1. The van der Waals surface area contributed by atoms with Gasteiger partial charge in [-0.25, -0.2) is 4.79 Å². The number of carbonyl (C=O) groups excluding carboxylic acids is 2. The number of pyridine rings is 1. The summed E-state index contributed by atoms with van der Waals surface area (Å²) < 4.78 is 5.47. The van der Waals surface area contributed by atoms with Crippen molar-refractivity contribution in [1.82, 2.24) is 4.98 Å². The van der Waals surface area contributed by atoms with Gasteiger partial charge in [0.05, 0.1) is 26.8 Å². The summed E-state index contributed by atoms with van der Waals surface area (Å²) in [4.78, 5) is 30.7. The van der Waals surface area contributed by atoms with Crippen LogP contribution in [-0.2, 0) is 22.4 Å². The Morgan fingerprint density at radius 3 is 2.47 bits per heavy atom. The van der Waals surface area contributed by atoms with Crippen LogP contribution in [0.5, 0.6) is 0 Å². The van der Waals surface area contributed by atoms with Gasteiger partial charge in [0.15, 0.2) is 6.61 Å². The summed E-state index contributed by atoms with van der Waals surface area (Å²) in [5, 5.41) is 4.05. The Morgan fingerprint density at radius 1 is 1.12 bits per heavy atom. The van der Waals surface area contributed by atoms with Gasteiger partial charge >= 0.3 is 5.97 Å². The van der Waals surface area contributed by atoms with Crippen molar-refractivity contribution in [2.75, 3.05) is 11.9 Å². The van der Waals surface area contributed by atoms with Gasteiger partial charge in [-0.05, 0) is 54.4 Å². The van der Waals surface area contributed by atoms with Crippen molar-refractivity contribution in [3.8, 4) is 0 Å². The Hall–Kier alpha value is -2.34. The number of para-hydroxylation sites is 1. The predicted molar refractivity (Wildman–Crippen MR) is 137 cm³/mol. The van der Waals surface area contributed by atoms with Crippen molar-refractivity contribution in [1.29, 1.82) is 0 Å². The zero-order valence-corrected chi connectivity index (χ0v) is 21.4. The number of fused-ring (bicyclic) bond motifs is 2. The molecule has 3 aromatic rings. The first kappa shape index (κ1) is 24.8. The number of esters is 1. The van der Waals surface area contributed by atoms with Gasteiger partial charge in [0, 0.05) is 16.1 Å². The van der Waals surface area contributed by atoms with Crippen LogP contribution in [0.4, 0.5) is 5.69 Å². The summed E-state index contributed by atoms with van der Waals surface area (Å²) >= 11 is 18.2. The van der Waals surface area contributed by atoms with E-state index in [0.717, 1.165) is 41.4 Å². The number of aryl methyl sites for hydroxylation is 1. The van der Waals surface area contributed by atoms with E-state index >= 15 is 0 Å². The third-order valence-electron chi connectivity index (χ3n) is 6.29. The van der Waals surface area contributed by atoms with E-state index in [2.05, 4.69) is 26.1 Å². The second-order valence-electron chi connectivity index (χ2n) is 9.60. The van der Waals surface area contributed by atoms with Crippen LogP contribution in [-0.4, -0.2) is 23.5 Å². The number of halogens is 3. The average Bonchev–Trinajstić information content (AvgIpc) is 2.77. The Kier molecular flexibility index (Phi) is 7.09. The monoisotopic (exact) mass is 518 g/mol. The van der Waals surface area contributed by atoms with Gasteiger partial charge in [-0.1, -0.05) is 73.8 Å². The Balaban J connectivity index is 1.60. The molecule has 5 nitrogen and oxygen atoms in total. The van der Waals surface area contributed by atoms with Crippen molar-refractivity contribution < 1.29 is 14.3 Å². The number of nitrogens with zero attached hydrogens (tertiary/aromatic N) is 1. The van der Waals surface area contributed by atoms with Crippen molar-refractivity contribution in [3.63, 3.8) is 0 Å². The van der Waals surface area contributed by atoms with Gasteiger partial charge in [-0.15, -0.1) is 0 Å². The number of hydrogen-bond donors (Lipinski definition) is 1. The van der Waals surface area contributed by atoms with Crippen LogP contribution in [0.15, 0.2) is 36.4 Å². The summed E-state index contributed by atoms with van der Waals surface area (Å²) in [6.45, 7) is 6.16. The predicted octanol–water partition coefficient (Wildman–Crippen LogP) is 7.14. The first-order chi connectivity index (χ1) is 16.0. The molecule has 0 fully saturated rings. The summed E-state index contributed by atoms with van der Waals surface area (Å²) in [6.07, 6.45) is 2.56. The Morgan fingerprint density at radius 2 is 1.79 bits per heavy atom. The summed E-state index contributed by atoms with van der Waals surface area (Å²) in [7, 11) is 0. The lowest BCUT2D eigenvalue weighted by Crippen LogP contribution is -2.29. The molecule has 1 heterocycles. The molecule has 178 valence electrons. The minimum absolute atomic E-state index is 0.0987. The highest BCUT2D eigenvalue weighted by Gasteiger charge is 2.33. The molecule has 1 unspecified atom stereocenters. The number of anilines is 1. The van der Waals surface area contributed by atoms with Crippen molar-refractivity contribution in [3.05, 3.63) is 68.3 Å². The molecule has 1 aliphatic carbocycles. The molecule has 4 rings (SSSR count). The zero-order valence-electron chi connectivity index (χ0n) is 19.2. The lowest BCUT2D eigenvalue weighted by molar-refractivity contribution is -0.119. The highest BCUT2D eigenvalue weighted by molar-refractivity contribution is 6.42. The van der Waals surface area contributed by atoms with E-state index in [4.69, 9.17) is 44.5 Å². The highest BCUT2D eigenvalue weighted by atomic mass is 35.5. The number of benzene rings is 2. The molecule has 8 heteroatoms. The van der Waals surface area contributed by atoms with Gasteiger partial charge in [0.25, 0.3) is 5.91 Å². The van der Waals surface area contributed by atoms with Gasteiger partial charge < -0.3 is 10.1 Å². The molecule has 0 saturated heterocycles. The normalized spacial score (nSPS) is 15.6. The lowest BCUT2D eigenvalue weighted by atomic mass is 9.70. The molecular formula is C26H25Cl3N2O3. The first-order valence-electron chi connectivity index (χ1n) is 11.1. The number of carbonyl (C=O) groups is 2. The summed E-state index contributed by atoms with van der Waals surface area (Å²) in [6, 6.07) is 10.5. The smallest absolute Gasteiger partial charge is 0.339 e.